The predicted molar refractivity (Wildman–Crippen MR) is 104 cm³/mol. The molecule has 0 saturated heterocycles. The Bertz CT molecular complexity index is 557. The van der Waals surface area contributed by atoms with Crippen molar-refractivity contribution in [1.29, 1.82) is 0 Å². The molecular formula is C20H29NO3S. The molecule has 3 atom stereocenters. The molecule has 0 aliphatic heterocycles. The second kappa shape index (κ2) is 9.88. The highest BCUT2D eigenvalue weighted by molar-refractivity contribution is 7.80. The summed E-state index contributed by atoms with van der Waals surface area (Å²) in [4.78, 5) is 12.9. The predicted octanol–water partition coefficient (Wildman–Crippen LogP) is 3.53. The zero-order valence-electron chi connectivity index (χ0n) is 15.4. The van der Waals surface area contributed by atoms with Gasteiger partial charge in [0.15, 0.2) is 0 Å². The summed E-state index contributed by atoms with van der Waals surface area (Å²) in [6.07, 6.45) is 5.54. The van der Waals surface area contributed by atoms with Gasteiger partial charge in [0.1, 0.15) is 6.04 Å². The molecular weight excluding hydrogens is 334 g/mol. The van der Waals surface area contributed by atoms with Crippen molar-refractivity contribution in [2.75, 3.05) is 14.2 Å². The zero-order chi connectivity index (χ0) is 18.2. The summed E-state index contributed by atoms with van der Waals surface area (Å²) in [5, 5.41) is 3.23. The van der Waals surface area contributed by atoms with Crippen LogP contribution in [-0.4, -0.2) is 37.3 Å². The number of thiocarbonyl (C=S) groups is 1. The highest BCUT2D eigenvalue weighted by Crippen LogP contribution is 2.32. The molecule has 25 heavy (non-hydrogen) atoms. The first-order valence-corrected chi connectivity index (χ1v) is 9.42. The van der Waals surface area contributed by atoms with Crippen LogP contribution in [0.4, 0.5) is 0 Å². The van der Waals surface area contributed by atoms with Crippen molar-refractivity contribution in [2.45, 2.75) is 51.2 Å². The molecule has 0 radical (unpaired) electrons. The first-order chi connectivity index (χ1) is 12.1. The normalized spacial score (nSPS) is 18.4. The van der Waals surface area contributed by atoms with Gasteiger partial charge in [-0.1, -0.05) is 62.3 Å². The van der Waals surface area contributed by atoms with Gasteiger partial charge in [0, 0.05) is 19.4 Å². The lowest BCUT2D eigenvalue weighted by Crippen LogP contribution is -2.47. The number of carbonyl (C=O) groups excluding carboxylic acids is 1. The van der Waals surface area contributed by atoms with E-state index in [1.54, 1.807) is 7.11 Å². The Hall–Kier alpha value is -1.46. The van der Waals surface area contributed by atoms with E-state index in [1.807, 2.05) is 30.3 Å². The SMILES string of the molecule is COC(=O)[C@H](Cc1ccccc1)NC(=S)[C@H](C)[C@@H](OC)C1CCCC1. The monoisotopic (exact) mass is 363 g/mol. The van der Waals surface area contributed by atoms with Gasteiger partial charge in [-0.05, 0) is 24.3 Å². The van der Waals surface area contributed by atoms with E-state index in [0.717, 1.165) is 5.56 Å². The third kappa shape index (κ3) is 5.51. The van der Waals surface area contributed by atoms with Crippen molar-refractivity contribution >= 4 is 23.2 Å². The summed E-state index contributed by atoms with van der Waals surface area (Å²) in [6, 6.07) is 9.41. The van der Waals surface area contributed by atoms with Crippen LogP contribution in [0, 0.1) is 11.8 Å². The molecule has 1 aromatic carbocycles. The van der Waals surface area contributed by atoms with Gasteiger partial charge < -0.3 is 14.8 Å². The van der Waals surface area contributed by atoms with Gasteiger partial charge in [-0.3, -0.25) is 0 Å². The van der Waals surface area contributed by atoms with Crippen molar-refractivity contribution in [3.63, 3.8) is 0 Å². The van der Waals surface area contributed by atoms with Crippen LogP contribution in [-0.2, 0) is 20.7 Å². The fourth-order valence-corrected chi connectivity index (χ4v) is 4.00. The minimum Gasteiger partial charge on any atom is -0.467 e. The molecule has 1 saturated carbocycles. The number of methoxy groups -OCH3 is 2. The van der Waals surface area contributed by atoms with Crippen molar-refractivity contribution in [2.24, 2.45) is 11.8 Å². The third-order valence-corrected chi connectivity index (χ3v) is 5.62. The quantitative estimate of drug-likeness (QED) is 0.565. The second-order valence-electron chi connectivity index (χ2n) is 6.81. The molecule has 0 aromatic heterocycles. The average molecular weight is 364 g/mol. The van der Waals surface area contributed by atoms with Gasteiger partial charge in [-0.25, -0.2) is 4.79 Å². The standard InChI is InChI=1S/C20H29NO3S/c1-14(18(23-2)16-11-7-8-12-16)19(25)21-17(20(22)24-3)13-15-9-5-4-6-10-15/h4-6,9-10,14,16-18H,7-8,11-13H2,1-3H3,(H,21,25)/t14-,17+,18-/m1/s1. The lowest BCUT2D eigenvalue weighted by Gasteiger charge is -2.30. The minimum atomic E-state index is -0.483. The van der Waals surface area contributed by atoms with E-state index in [0.29, 0.717) is 17.3 Å². The van der Waals surface area contributed by atoms with Crippen LogP contribution >= 0.6 is 12.2 Å². The maximum Gasteiger partial charge on any atom is 0.328 e. The summed E-state index contributed by atoms with van der Waals surface area (Å²) in [5.74, 6) is 0.310. The first kappa shape index (κ1) is 19.9. The molecule has 5 heteroatoms. The van der Waals surface area contributed by atoms with E-state index in [1.165, 1.54) is 32.8 Å². The van der Waals surface area contributed by atoms with Crippen LogP contribution in [0.25, 0.3) is 0 Å². The van der Waals surface area contributed by atoms with Gasteiger partial charge >= 0.3 is 5.97 Å². The number of benzene rings is 1. The molecule has 0 unspecified atom stereocenters. The number of rotatable bonds is 8. The molecule has 0 amide bonds. The molecule has 0 bridgehead atoms. The third-order valence-electron chi connectivity index (χ3n) is 5.13. The van der Waals surface area contributed by atoms with Gasteiger partial charge in [0.2, 0.25) is 0 Å². The fraction of sp³-hybridized carbons (Fsp3) is 0.600. The van der Waals surface area contributed by atoms with E-state index >= 15 is 0 Å². The van der Waals surface area contributed by atoms with Crippen LogP contribution in [0.3, 0.4) is 0 Å². The smallest absolute Gasteiger partial charge is 0.328 e. The molecule has 1 aliphatic rings. The molecule has 2 rings (SSSR count). The number of esters is 1. The van der Waals surface area contributed by atoms with E-state index in [4.69, 9.17) is 21.7 Å². The van der Waals surface area contributed by atoms with Crippen molar-refractivity contribution in [3.05, 3.63) is 35.9 Å². The van der Waals surface area contributed by atoms with Gasteiger partial charge in [-0.15, -0.1) is 0 Å². The number of hydrogen-bond acceptors (Lipinski definition) is 4. The maximum absolute atomic E-state index is 12.2. The highest BCUT2D eigenvalue weighted by Gasteiger charge is 2.32. The number of ether oxygens (including phenoxy) is 2. The molecule has 0 heterocycles. The van der Waals surface area contributed by atoms with Crippen LogP contribution < -0.4 is 5.32 Å². The van der Waals surface area contributed by atoms with E-state index < -0.39 is 6.04 Å². The topological polar surface area (TPSA) is 47.6 Å². The zero-order valence-corrected chi connectivity index (χ0v) is 16.2. The second-order valence-corrected chi connectivity index (χ2v) is 7.25. The van der Waals surface area contributed by atoms with E-state index in [9.17, 15) is 4.79 Å². The molecule has 138 valence electrons. The maximum atomic E-state index is 12.2. The van der Waals surface area contributed by atoms with Gasteiger partial charge in [0.25, 0.3) is 0 Å². The van der Waals surface area contributed by atoms with Crippen LogP contribution in [0.1, 0.15) is 38.2 Å². The number of carbonyl (C=O) groups is 1. The summed E-state index contributed by atoms with van der Waals surface area (Å²) >= 11 is 5.62. The van der Waals surface area contributed by atoms with Gasteiger partial charge in [-0.2, -0.15) is 0 Å². The van der Waals surface area contributed by atoms with Crippen molar-refractivity contribution in [3.8, 4) is 0 Å². The summed E-state index contributed by atoms with van der Waals surface area (Å²) < 4.78 is 10.7. The Labute approximate surface area is 156 Å². The first-order valence-electron chi connectivity index (χ1n) is 9.01. The van der Waals surface area contributed by atoms with Crippen LogP contribution in [0.15, 0.2) is 30.3 Å². The lowest BCUT2D eigenvalue weighted by molar-refractivity contribution is -0.142. The molecule has 4 nitrogen and oxygen atoms in total. The highest BCUT2D eigenvalue weighted by atomic mass is 32.1. The Balaban J connectivity index is 2.03. The van der Waals surface area contributed by atoms with Crippen LogP contribution in [0.5, 0.6) is 0 Å². The minimum absolute atomic E-state index is 0.0611. The molecule has 1 N–H and O–H groups in total. The molecule has 0 spiro atoms. The van der Waals surface area contributed by atoms with Crippen molar-refractivity contribution in [1.82, 2.24) is 5.32 Å². The van der Waals surface area contributed by atoms with Gasteiger partial charge in [0.05, 0.1) is 18.2 Å². The van der Waals surface area contributed by atoms with E-state index in [-0.39, 0.29) is 18.0 Å². The largest absolute Gasteiger partial charge is 0.467 e. The fourth-order valence-electron chi connectivity index (χ4n) is 3.73. The Kier molecular flexibility index (Phi) is 7.85. The van der Waals surface area contributed by atoms with Crippen LogP contribution in [0.2, 0.25) is 0 Å². The number of nitrogens with one attached hydrogen (secondary N) is 1. The Morgan fingerprint density at radius 3 is 2.44 bits per heavy atom. The van der Waals surface area contributed by atoms with E-state index in [2.05, 4.69) is 12.2 Å². The lowest BCUT2D eigenvalue weighted by atomic mass is 9.90. The molecule has 1 aliphatic carbocycles. The molecule has 1 aromatic rings. The number of hydrogen-bond donors (Lipinski definition) is 1. The van der Waals surface area contributed by atoms with Crippen molar-refractivity contribution < 1.29 is 14.3 Å². The summed E-state index contributed by atoms with van der Waals surface area (Å²) in [7, 11) is 3.16. The average Bonchev–Trinajstić information content (AvgIpc) is 3.16. The molecule has 1 fully saturated rings. The Morgan fingerprint density at radius 1 is 1.24 bits per heavy atom. The summed E-state index contributed by atoms with van der Waals surface area (Å²) in [6.45, 7) is 2.08. The summed E-state index contributed by atoms with van der Waals surface area (Å²) in [5.41, 5.74) is 1.07. The Morgan fingerprint density at radius 2 is 1.88 bits per heavy atom.